The molecule has 0 aliphatic carbocycles. The topological polar surface area (TPSA) is 65.8 Å². The number of nitrogens with one attached hydrogen (secondary N) is 1. The first kappa shape index (κ1) is 14.1. The van der Waals surface area contributed by atoms with E-state index in [1.807, 2.05) is 19.9 Å². The van der Waals surface area contributed by atoms with Crippen LogP contribution in [0.1, 0.15) is 16.8 Å². The number of pyridine rings is 1. The summed E-state index contributed by atoms with van der Waals surface area (Å²) in [6.07, 6.45) is 5.04. The Hall–Kier alpha value is -1.98. The molecule has 5 heteroatoms. The molecular formula is C13H13N3OS. The second kappa shape index (κ2) is 6.68. The summed E-state index contributed by atoms with van der Waals surface area (Å²) in [4.78, 5) is 15.7. The number of hydrogen-bond acceptors (Lipinski definition) is 4. The van der Waals surface area contributed by atoms with Gasteiger partial charge < -0.3 is 5.32 Å². The molecule has 1 rings (SSSR count). The Balaban J connectivity index is 2.77. The molecule has 0 aliphatic rings. The fourth-order valence-electron chi connectivity index (χ4n) is 1.38. The summed E-state index contributed by atoms with van der Waals surface area (Å²) in [6, 6.07) is 3.96. The van der Waals surface area contributed by atoms with E-state index in [0.29, 0.717) is 10.6 Å². The van der Waals surface area contributed by atoms with E-state index in [1.165, 1.54) is 11.8 Å². The third-order valence-corrected chi connectivity index (χ3v) is 3.13. The standard InChI is InChI=1S/C13H13N3OS/c1-4-5-15-12(17)8-18-13-11(7-14)9(2)6-10(3)16-13/h1,6H,5,8H2,2-3H3,(H,15,17). The largest absolute Gasteiger partial charge is 0.344 e. The van der Waals surface area contributed by atoms with Gasteiger partial charge in [-0.15, -0.1) is 6.42 Å². The van der Waals surface area contributed by atoms with Gasteiger partial charge in [-0.2, -0.15) is 5.26 Å². The average molecular weight is 259 g/mol. The van der Waals surface area contributed by atoms with Crippen molar-refractivity contribution in [1.29, 1.82) is 5.26 Å². The van der Waals surface area contributed by atoms with Crippen molar-refractivity contribution in [1.82, 2.24) is 10.3 Å². The third kappa shape index (κ3) is 3.80. The van der Waals surface area contributed by atoms with Gasteiger partial charge in [0.15, 0.2) is 0 Å². The number of nitrogens with zero attached hydrogens (tertiary/aromatic N) is 2. The fraction of sp³-hybridized carbons (Fsp3) is 0.308. The molecule has 1 N–H and O–H groups in total. The third-order valence-electron chi connectivity index (χ3n) is 2.15. The Morgan fingerprint density at radius 3 is 2.94 bits per heavy atom. The zero-order valence-corrected chi connectivity index (χ0v) is 11.1. The SMILES string of the molecule is C#CCNC(=O)CSc1nc(C)cc(C)c1C#N. The van der Waals surface area contributed by atoms with Crippen LogP contribution in [0.5, 0.6) is 0 Å². The van der Waals surface area contributed by atoms with Gasteiger partial charge in [0.2, 0.25) is 5.91 Å². The van der Waals surface area contributed by atoms with E-state index < -0.39 is 0 Å². The first-order valence-corrected chi connectivity index (χ1v) is 6.28. The highest BCUT2D eigenvalue weighted by Gasteiger charge is 2.10. The van der Waals surface area contributed by atoms with Crippen molar-refractivity contribution >= 4 is 17.7 Å². The van der Waals surface area contributed by atoms with Crippen molar-refractivity contribution in [2.45, 2.75) is 18.9 Å². The van der Waals surface area contributed by atoms with Crippen molar-refractivity contribution in [2.75, 3.05) is 12.3 Å². The zero-order valence-electron chi connectivity index (χ0n) is 10.3. The molecule has 4 nitrogen and oxygen atoms in total. The van der Waals surface area contributed by atoms with Crippen LogP contribution in [0.4, 0.5) is 0 Å². The van der Waals surface area contributed by atoms with Crippen molar-refractivity contribution in [3.8, 4) is 18.4 Å². The van der Waals surface area contributed by atoms with Crippen LogP contribution in [0.2, 0.25) is 0 Å². The van der Waals surface area contributed by atoms with Crippen LogP contribution in [0.15, 0.2) is 11.1 Å². The predicted molar refractivity (Wildman–Crippen MR) is 71.0 cm³/mol. The quantitative estimate of drug-likeness (QED) is 0.656. The minimum Gasteiger partial charge on any atom is -0.344 e. The van der Waals surface area contributed by atoms with Gasteiger partial charge in [0, 0.05) is 5.69 Å². The maximum Gasteiger partial charge on any atom is 0.231 e. The summed E-state index contributed by atoms with van der Waals surface area (Å²) < 4.78 is 0. The monoisotopic (exact) mass is 259 g/mol. The highest BCUT2D eigenvalue weighted by atomic mass is 32.2. The highest BCUT2D eigenvalue weighted by Crippen LogP contribution is 2.23. The van der Waals surface area contributed by atoms with Crippen molar-refractivity contribution in [2.24, 2.45) is 0 Å². The van der Waals surface area contributed by atoms with E-state index in [0.717, 1.165) is 11.3 Å². The number of amides is 1. The van der Waals surface area contributed by atoms with Crippen molar-refractivity contribution in [3.63, 3.8) is 0 Å². The maximum absolute atomic E-state index is 11.4. The van der Waals surface area contributed by atoms with Gasteiger partial charge in [-0.3, -0.25) is 4.79 Å². The number of hydrogen-bond donors (Lipinski definition) is 1. The normalized spacial score (nSPS) is 9.33. The molecule has 0 bridgehead atoms. The first-order valence-electron chi connectivity index (χ1n) is 5.29. The van der Waals surface area contributed by atoms with E-state index in [4.69, 9.17) is 11.7 Å². The van der Waals surface area contributed by atoms with Crippen molar-refractivity contribution in [3.05, 3.63) is 22.9 Å². The molecule has 0 aliphatic heterocycles. The fourth-order valence-corrected chi connectivity index (χ4v) is 2.31. The Morgan fingerprint density at radius 2 is 2.33 bits per heavy atom. The van der Waals surface area contributed by atoms with Crippen LogP contribution in [0.3, 0.4) is 0 Å². The second-order valence-corrected chi connectivity index (χ2v) is 4.61. The molecule has 0 saturated carbocycles. The minimum atomic E-state index is -0.164. The Morgan fingerprint density at radius 1 is 1.61 bits per heavy atom. The van der Waals surface area contributed by atoms with Crippen LogP contribution in [0, 0.1) is 37.5 Å². The number of aromatic nitrogens is 1. The van der Waals surface area contributed by atoms with E-state index in [1.54, 1.807) is 0 Å². The molecule has 0 radical (unpaired) electrons. The molecular weight excluding hydrogens is 246 g/mol. The molecule has 0 atom stereocenters. The Labute approximate surface area is 111 Å². The number of terminal acetylenes is 1. The smallest absolute Gasteiger partial charge is 0.231 e. The van der Waals surface area contributed by atoms with Crippen LogP contribution < -0.4 is 5.32 Å². The summed E-state index contributed by atoms with van der Waals surface area (Å²) >= 11 is 1.24. The van der Waals surface area contributed by atoms with Crippen LogP contribution >= 0.6 is 11.8 Å². The number of carbonyl (C=O) groups is 1. The maximum atomic E-state index is 11.4. The summed E-state index contributed by atoms with van der Waals surface area (Å²) in [5.41, 5.74) is 2.23. The summed E-state index contributed by atoms with van der Waals surface area (Å²) in [6.45, 7) is 3.93. The number of aryl methyl sites for hydroxylation is 2. The lowest BCUT2D eigenvalue weighted by molar-refractivity contribution is -0.118. The number of thioether (sulfide) groups is 1. The lowest BCUT2D eigenvalue weighted by Crippen LogP contribution is -2.25. The van der Waals surface area contributed by atoms with Gasteiger partial charge >= 0.3 is 0 Å². The number of nitriles is 1. The molecule has 0 unspecified atom stereocenters. The lowest BCUT2D eigenvalue weighted by Gasteiger charge is -2.07. The minimum absolute atomic E-state index is 0.164. The molecule has 0 spiro atoms. The molecule has 92 valence electrons. The van der Waals surface area contributed by atoms with Crippen molar-refractivity contribution < 1.29 is 4.79 Å². The second-order valence-electron chi connectivity index (χ2n) is 3.64. The first-order chi connectivity index (χ1) is 8.58. The molecule has 0 saturated heterocycles. The van der Waals surface area contributed by atoms with Crippen LogP contribution in [0.25, 0.3) is 0 Å². The molecule has 1 heterocycles. The van der Waals surface area contributed by atoms with Gasteiger partial charge in [-0.25, -0.2) is 4.98 Å². The predicted octanol–water partition coefficient (Wildman–Crippen LogP) is 1.41. The molecule has 18 heavy (non-hydrogen) atoms. The summed E-state index contributed by atoms with van der Waals surface area (Å²) in [5, 5.41) is 12.2. The molecule has 0 aromatic carbocycles. The van der Waals surface area contributed by atoms with Gasteiger partial charge in [0.05, 0.1) is 17.9 Å². The molecule has 1 amide bonds. The highest BCUT2D eigenvalue weighted by molar-refractivity contribution is 8.00. The van der Waals surface area contributed by atoms with Gasteiger partial charge in [0.1, 0.15) is 11.1 Å². The van der Waals surface area contributed by atoms with E-state index in [-0.39, 0.29) is 18.2 Å². The zero-order chi connectivity index (χ0) is 13.5. The lowest BCUT2D eigenvalue weighted by atomic mass is 10.1. The summed E-state index contributed by atoms with van der Waals surface area (Å²) in [5.74, 6) is 2.36. The van der Waals surface area contributed by atoms with E-state index >= 15 is 0 Å². The average Bonchev–Trinajstić information content (AvgIpc) is 2.33. The van der Waals surface area contributed by atoms with E-state index in [2.05, 4.69) is 22.3 Å². The van der Waals surface area contributed by atoms with Crippen LogP contribution in [-0.4, -0.2) is 23.2 Å². The molecule has 1 aromatic heterocycles. The number of rotatable bonds is 4. The summed E-state index contributed by atoms with van der Waals surface area (Å²) in [7, 11) is 0. The molecule has 1 aromatic rings. The van der Waals surface area contributed by atoms with Gasteiger partial charge in [0.25, 0.3) is 0 Å². The van der Waals surface area contributed by atoms with E-state index in [9.17, 15) is 4.79 Å². The Bertz CT molecular complexity index is 540. The molecule has 0 fully saturated rings. The van der Waals surface area contributed by atoms with Gasteiger partial charge in [-0.05, 0) is 25.5 Å². The van der Waals surface area contributed by atoms with Crippen LogP contribution in [-0.2, 0) is 4.79 Å². The number of carbonyl (C=O) groups excluding carboxylic acids is 1. The Kier molecular flexibility index (Phi) is 5.23. The van der Waals surface area contributed by atoms with Gasteiger partial charge in [-0.1, -0.05) is 17.7 Å².